The van der Waals surface area contributed by atoms with E-state index in [0.29, 0.717) is 5.92 Å². The number of alkyl halides is 3. The van der Waals surface area contributed by atoms with Crippen molar-refractivity contribution in [1.29, 1.82) is 0 Å². The van der Waals surface area contributed by atoms with Crippen LogP contribution in [-0.2, 0) is 6.42 Å². The third-order valence-electron chi connectivity index (χ3n) is 3.49. The van der Waals surface area contributed by atoms with Crippen molar-refractivity contribution < 1.29 is 22.3 Å². The zero-order chi connectivity index (χ0) is 22.8. The minimum atomic E-state index is -4.71. The fraction of sp³-hybridized carbons (Fsp3) is 0.478. The largest absolute Gasteiger partial charge is 0.573 e. The highest BCUT2D eigenvalue weighted by Gasteiger charge is 2.32. The van der Waals surface area contributed by atoms with E-state index in [1.165, 1.54) is 29.8 Å². The van der Waals surface area contributed by atoms with Crippen LogP contribution >= 0.6 is 11.6 Å². The van der Waals surface area contributed by atoms with Crippen LogP contribution in [0.15, 0.2) is 42.5 Å². The number of ether oxygens (including phenoxy) is 1. The second-order valence-corrected chi connectivity index (χ2v) is 8.16. The third kappa shape index (κ3) is 12.4. The van der Waals surface area contributed by atoms with Gasteiger partial charge in [0.25, 0.3) is 0 Å². The number of halogens is 5. The molecular weight excluding hydrogens is 404 g/mol. The van der Waals surface area contributed by atoms with Crippen molar-refractivity contribution in [1.82, 2.24) is 0 Å². The lowest BCUT2D eigenvalue weighted by atomic mass is 9.88. The van der Waals surface area contributed by atoms with Crippen LogP contribution in [-0.4, -0.2) is 6.36 Å². The lowest BCUT2D eigenvalue weighted by Gasteiger charge is -2.19. The molecule has 2 aromatic rings. The molecule has 0 spiro atoms. The molecule has 0 saturated carbocycles. The van der Waals surface area contributed by atoms with Gasteiger partial charge in [0.1, 0.15) is 11.6 Å². The Bertz CT molecular complexity index is 717. The summed E-state index contributed by atoms with van der Waals surface area (Å²) in [5, 5.41) is -0.0240. The maximum absolute atomic E-state index is 12.4. The van der Waals surface area contributed by atoms with Gasteiger partial charge >= 0.3 is 6.36 Å². The lowest BCUT2D eigenvalue weighted by molar-refractivity contribution is -0.274. The Morgan fingerprint density at radius 3 is 1.83 bits per heavy atom. The third-order valence-corrected chi connectivity index (χ3v) is 3.79. The molecular formula is C23H31ClF4O. The number of benzene rings is 2. The Morgan fingerprint density at radius 1 is 0.931 bits per heavy atom. The van der Waals surface area contributed by atoms with Gasteiger partial charge < -0.3 is 4.74 Å². The number of hydrogen-bond donors (Lipinski definition) is 0. The highest BCUT2D eigenvalue weighted by Crippen LogP contribution is 2.32. The van der Waals surface area contributed by atoms with Gasteiger partial charge in [-0.1, -0.05) is 78.3 Å². The van der Waals surface area contributed by atoms with Gasteiger partial charge in [-0.05, 0) is 53.1 Å². The topological polar surface area (TPSA) is 9.23 Å². The summed E-state index contributed by atoms with van der Waals surface area (Å²) in [6.07, 6.45) is -3.98. The Labute approximate surface area is 177 Å². The van der Waals surface area contributed by atoms with E-state index in [-0.39, 0.29) is 22.0 Å². The standard InChI is InChI=1S/C12H14ClF3O.C9H11F.C2H6/c1-11(2,3)7-8-4-5-10(9(13)6-8)17-12(14,15)16;1-7(2)8-3-5-9(10)6-4-8;1-2/h4-6H,7H2,1-3H3;3-7H,1-2H3;1-2H3. The second kappa shape index (κ2) is 12.1. The van der Waals surface area contributed by atoms with Gasteiger partial charge in [-0.15, -0.1) is 13.2 Å². The summed E-state index contributed by atoms with van der Waals surface area (Å²) >= 11 is 5.74. The molecule has 0 aliphatic rings. The van der Waals surface area contributed by atoms with Crippen LogP contribution in [0.5, 0.6) is 5.75 Å². The van der Waals surface area contributed by atoms with Gasteiger partial charge in [0.2, 0.25) is 0 Å². The van der Waals surface area contributed by atoms with Gasteiger partial charge in [0.15, 0.2) is 0 Å². The first kappa shape index (κ1) is 27.2. The minimum absolute atomic E-state index is 0.0240. The summed E-state index contributed by atoms with van der Waals surface area (Å²) in [6, 6.07) is 11.0. The van der Waals surface area contributed by atoms with Crippen LogP contribution in [0.4, 0.5) is 17.6 Å². The Hall–Kier alpha value is -1.75. The summed E-state index contributed by atoms with van der Waals surface area (Å²) < 4.78 is 52.2. The molecule has 0 heterocycles. The maximum atomic E-state index is 12.4. The van der Waals surface area contributed by atoms with Crippen molar-refractivity contribution in [2.45, 2.75) is 67.2 Å². The smallest absolute Gasteiger partial charge is 0.404 e. The molecule has 29 heavy (non-hydrogen) atoms. The van der Waals surface area contributed by atoms with Crippen LogP contribution < -0.4 is 4.74 Å². The fourth-order valence-electron chi connectivity index (χ4n) is 2.32. The molecule has 2 rings (SSSR count). The van der Waals surface area contributed by atoms with Crippen LogP contribution in [0, 0.1) is 11.2 Å². The summed E-state index contributed by atoms with van der Waals surface area (Å²) in [5.74, 6) is -0.0400. The average Bonchev–Trinajstić information content (AvgIpc) is 2.58. The molecule has 0 radical (unpaired) electrons. The zero-order valence-corrected chi connectivity index (χ0v) is 18.9. The quantitative estimate of drug-likeness (QED) is 0.438. The average molecular weight is 435 g/mol. The molecule has 0 aromatic heterocycles. The van der Waals surface area contributed by atoms with Crippen molar-refractivity contribution in [3.63, 3.8) is 0 Å². The molecule has 2 aromatic carbocycles. The van der Waals surface area contributed by atoms with Crippen molar-refractivity contribution in [2.75, 3.05) is 0 Å². The maximum Gasteiger partial charge on any atom is 0.573 e. The molecule has 0 bridgehead atoms. The van der Waals surface area contributed by atoms with Crippen molar-refractivity contribution in [2.24, 2.45) is 5.41 Å². The van der Waals surface area contributed by atoms with E-state index in [1.54, 1.807) is 6.07 Å². The highest BCUT2D eigenvalue weighted by molar-refractivity contribution is 6.32. The summed E-state index contributed by atoms with van der Waals surface area (Å²) in [4.78, 5) is 0. The molecule has 6 heteroatoms. The van der Waals surface area contributed by atoms with E-state index < -0.39 is 6.36 Å². The monoisotopic (exact) mass is 434 g/mol. The predicted molar refractivity (Wildman–Crippen MR) is 113 cm³/mol. The zero-order valence-electron chi connectivity index (χ0n) is 18.1. The Kier molecular flexibility index (Phi) is 11.3. The molecule has 0 unspecified atom stereocenters. The molecule has 0 N–H and O–H groups in total. The summed E-state index contributed by atoms with van der Waals surface area (Å²) in [6.45, 7) is 14.3. The van der Waals surface area contributed by atoms with Crippen molar-refractivity contribution in [3.05, 3.63) is 64.4 Å². The van der Waals surface area contributed by atoms with E-state index in [2.05, 4.69) is 18.6 Å². The van der Waals surface area contributed by atoms with Crippen molar-refractivity contribution in [3.8, 4) is 5.75 Å². The molecule has 0 amide bonds. The minimum Gasteiger partial charge on any atom is -0.404 e. The predicted octanol–water partition coefficient (Wildman–Crippen LogP) is 8.80. The molecule has 0 aliphatic heterocycles. The SMILES string of the molecule is CC.CC(C)(C)Cc1ccc(OC(F)(F)F)c(Cl)c1.CC(C)c1ccc(F)cc1. The normalized spacial score (nSPS) is 11.2. The van der Waals surface area contributed by atoms with Gasteiger partial charge in [-0.2, -0.15) is 0 Å². The highest BCUT2D eigenvalue weighted by atomic mass is 35.5. The molecule has 0 fully saturated rings. The van der Waals surface area contributed by atoms with E-state index in [1.807, 2.05) is 46.8 Å². The number of hydrogen-bond acceptors (Lipinski definition) is 1. The molecule has 0 atom stereocenters. The second-order valence-electron chi connectivity index (χ2n) is 7.76. The van der Waals surface area contributed by atoms with Gasteiger partial charge in [-0.3, -0.25) is 0 Å². The Morgan fingerprint density at radius 2 is 1.45 bits per heavy atom. The first-order valence-corrected chi connectivity index (χ1v) is 9.94. The number of rotatable bonds is 3. The van der Waals surface area contributed by atoms with Crippen LogP contribution in [0.3, 0.4) is 0 Å². The van der Waals surface area contributed by atoms with E-state index >= 15 is 0 Å². The summed E-state index contributed by atoms with van der Waals surface area (Å²) in [7, 11) is 0. The molecule has 164 valence electrons. The molecule has 0 aliphatic carbocycles. The van der Waals surface area contributed by atoms with Crippen LogP contribution in [0.2, 0.25) is 5.02 Å². The first-order valence-electron chi connectivity index (χ1n) is 9.56. The molecule has 0 saturated heterocycles. The van der Waals surface area contributed by atoms with Crippen molar-refractivity contribution >= 4 is 11.6 Å². The van der Waals surface area contributed by atoms with Gasteiger partial charge in [-0.25, -0.2) is 4.39 Å². The Balaban J connectivity index is 0.000000554. The first-order chi connectivity index (χ1) is 13.3. The van der Waals surface area contributed by atoms with Crippen LogP contribution in [0.1, 0.15) is 65.5 Å². The van der Waals surface area contributed by atoms with E-state index in [0.717, 1.165) is 12.0 Å². The van der Waals surface area contributed by atoms with E-state index in [4.69, 9.17) is 11.6 Å². The summed E-state index contributed by atoms with van der Waals surface area (Å²) in [5.41, 5.74) is 2.12. The molecule has 1 nitrogen and oxygen atoms in total. The van der Waals surface area contributed by atoms with Crippen LogP contribution in [0.25, 0.3) is 0 Å². The van der Waals surface area contributed by atoms with E-state index in [9.17, 15) is 17.6 Å². The lowest BCUT2D eigenvalue weighted by Crippen LogP contribution is -2.17. The fourth-order valence-corrected chi connectivity index (χ4v) is 2.56. The van der Waals surface area contributed by atoms with Gasteiger partial charge in [0, 0.05) is 0 Å². The van der Waals surface area contributed by atoms with Gasteiger partial charge in [0.05, 0.1) is 5.02 Å².